The Morgan fingerprint density at radius 1 is 1.47 bits per heavy atom. The Labute approximate surface area is 111 Å². The Balaban J connectivity index is 2.19. The third-order valence-corrected chi connectivity index (χ3v) is 3.96. The summed E-state index contributed by atoms with van der Waals surface area (Å²) >= 11 is 0.931. The number of nitrogens with two attached hydrogens (primary N) is 1. The second kappa shape index (κ2) is 4.89. The number of nitrogen functional groups attached to an aromatic ring is 1. The van der Waals surface area contributed by atoms with Crippen LogP contribution in [-0.2, 0) is 0 Å². The van der Waals surface area contributed by atoms with Crippen LogP contribution >= 0.6 is 11.3 Å². The van der Waals surface area contributed by atoms with E-state index < -0.39 is 18.9 Å². The zero-order chi connectivity index (χ0) is 14.2. The van der Waals surface area contributed by atoms with E-state index in [1.165, 1.54) is 0 Å². The Hall–Kier alpha value is -1.49. The molecule has 1 heterocycles. The van der Waals surface area contributed by atoms with Gasteiger partial charge in [-0.25, -0.2) is 8.78 Å². The quantitative estimate of drug-likeness (QED) is 0.818. The van der Waals surface area contributed by atoms with E-state index >= 15 is 0 Å². The molecule has 0 unspecified atom stereocenters. The number of nitrogens with one attached hydrogen (secondary N) is 1. The predicted molar refractivity (Wildman–Crippen MR) is 64.9 cm³/mol. The number of alkyl halides is 4. The fraction of sp³-hybridized carbons (Fsp3) is 0.545. The molecule has 2 rings (SSSR count). The van der Waals surface area contributed by atoms with Gasteiger partial charge in [0.05, 0.1) is 17.2 Å². The van der Waals surface area contributed by atoms with Crippen molar-refractivity contribution in [2.24, 2.45) is 0 Å². The lowest BCUT2D eigenvalue weighted by Gasteiger charge is -2.16. The number of rotatable bonds is 5. The number of thiophene rings is 1. The first-order valence-corrected chi connectivity index (χ1v) is 6.40. The first kappa shape index (κ1) is 13.9. The van der Waals surface area contributed by atoms with E-state index in [1.54, 1.807) is 0 Å². The van der Waals surface area contributed by atoms with Crippen molar-refractivity contribution in [1.29, 1.82) is 5.26 Å². The molecule has 0 aromatic carbocycles. The molecule has 104 valence electrons. The lowest BCUT2D eigenvalue weighted by molar-refractivity contribution is -0.117. The highest BCUT2D eigenvalue weighted by molar-refractivity contribution is 7.17. The molecule has 1 fully saturated rings. The third kappa shape index (κ3) is 2.76. The van der Waals surface area contributed by atoms with E-state index in [4.69, 9.17) is 11.0 Å². The van der Waals surface area contributed by atoms with Gasteiger partial charge in [0, 0.05) is 5.56 Å². The topological polar surface area (TPSA) is 61.8 Å². The van der Waals surface area contributed by atoms with Gasteiger partial charge in [-0.1, -0.05) is 0 Å². The molecule has 0 spiro atoms. The molecular formula is C11H11F4N3S. The fourth-order valence-corrected chi connectivity index (χ4v) is 2.72. The van der Waals surface area contributed by atoms with Crippen molar-refractivity contribution >= 4 is 22.0 Å². The second-order valence-electron chi connectivity index (χ2n) is 4.39. The van der Waals surface area contributed by atoms with Crippen LogP contribution in [0.3, 0.4) is 0 Å². The lowest BCUT2D eigenvalue weighted by Crippen LogP contribution is -2.34. The van der Waals surface area contributed by atoms with Gasteiger partial charge in [-0.05, 0) is 18.8 Å². The van der Waals surface area contributed by atoms with Crippen molar-refractivity contribution in [1.82, 2.24) is 0 Å². The summed E-state index contributed by atoms with van der Waals surface area (Å²) in [5.41, 5.74) is 6.66. The maximum absolute atomic E-state index is 12.9. The smallest absolute Gasteiger partial charge is 0.324 e. The number of anilines is 2. The fourth-order valence-electron chi connectivity index (χ4n) is 1.72. The summed E-state index contributed by atoms with van der Waals surface area (Å²) < 4.78 is 49.9. The van der Waals surface area contributed by atoms with Gasteiger partial charge in [0.1, 0.15) is 10.9 Å². The van der Waals surface area contributed by atoms with Gasteiger partial charge in [-0.2, -0.15) is 14.0 Å². The molecule has 3 N–H and O–H groups in total. The maximum atomic E-state index is 12.9. The van der Waals surface area contributed by atoms with Crippen molar-refractivity contribution in [2.75, 3.05) is 17.6 Å². The Morgan fingerprint density at radius 3 is 2.58 bits per heavy atom. The highest BCUT2D eigenvalue weighted by Crippen LogP contribution is 2.50. The second-order valence-corrected chi connectivity index (χ2v) is 5.41. The maximum Gasteiger partial charge on any atom is 0.324 e. The molecule has 1 aromatic heterocycles. The van der Waals surface area contributed by atoms with Crippen molar-refractivity contribution in [3.63, 3.8) is 0 Å². The first-order chi connectivity index (χ1) is 8.86. The molecule has 0 aliphatic heterocycles. The van der Waals surface area contributed by atoms with Crippen LogP contribution in [0.15, 0.2) is 0 Å². The van der Waals surface area contributed by atoms with Crippen LogP contribution in [0.2, 0.25) is 0 Å². The summed E-state index contributed by atoms with van der Waals surface area (Å²) in [6.45, 7) is -1.17. The first-order valence-electron chi connectivity index (χ1n) is 5.59. The third-order valence-electron chi connectivity index (χ3n) is 2.87. The van der Waals surface area contributed by atoms with Crippen molar-refractivity contribution in [3.8, 4) is 6.07 Å². The Morgan fingerprint density at radius 2 is 2.11 bits per heavy atom. The van der Waals surface area contributed by atoms with Crippen LogP contribution in [0, 0.1) is 11.3 Å². The summed E-state index contributed by atoms with van der Waals surface area (Å²) in [7, 11) is 0. The molecule has 3 nitrogen and oxygen atoms in total. The number of nitrogens with zero attached hydrogens (tertiary/aromatic N) is 1. The summed E-state index contributed by atoms with van der Waals surface area (Å²) in [4.78, 5) is 0.227. The largest absolute Gasteiger partial charge is 0.397 e. The number of halogens is 4. The molecule has 0 amide bonds. The van der Waals surface area contributed by atoms with Crippen LogP contribution in [0.25, 0.3) is 0 Å². The summed E-state index contributed by atoms with van der Waals surface area (Å²) in [5.74, 6) is -3.96. The van der Waals surface area contributed by atoms with Gasteiger partial charge in [-0.3, -0.25) is 0 Å². The van der Waals surface area contributed by atoms with Gasteiger partial charge >= 0.3 is 12.3 Å². The van der Waals surface area contributed by atoms with Crippen LogP contribution in [0.5, 0.6) is 0 Å². The molecule has 8 heteroatoms. The van der Waals surface area contributed by atoms with Gasteiger partial charge in [-0.15, -0.1) is 11.3 Å². The zero-order valence-corrected chi connectivity index (χ0v) is 10.5. The minimum atomic E-state index is -4.10. The summed E-state index contributed by atoms with van der Waals surface area (Å²) in [5, 5.41) is 11.5. The van der Waals surface area contributed by atoms with Gasteiger partial charge in [0.15, 0.2) is 0 Å². The van der Waals surface area contributed by atoms with E-state index in [1.807, 2.05) is 6.07 Å². The van der Waals surface area contributed by atoms with Crippen molar-refractivity contribution in [2.45, 2.75) is 31.1 Å². The normalized spacial score (nSPS) is 15.6. The highest BCUT2D eigenvalue weighted by Gasteiger charge is 2.41. The average molecular weight is 293 g/mol. The molecule has 19 heavy (non-hydrogen) atoms. The summed E-state index contributed by atoms with van der Waals surface area (Å²) in [6, 6.07) is 1.88. The van der Waals surface area contributed by atoms with Crippen molar-refractivity contribution < 1.29 is 17.6 Å². The standard InChI is InChI=1S/C11H11F4N3S/c12-10(13)11(14,15)4-18-9-7(5-1-2-5)8(17)6(3-16)19-9/h5,10,18H,1-2,4,17H2. The monoisotopic (exact) mass is 293 g/mol. The molecule has 0 radical (unpaired) electrons. The van der Waals surface area contributed by atoms with Gasteiger partial charge in [0.2, 0.25) is 0 Å². The molecule has 1 saturated carbocycles. The lowest BCUT2D eigenvalue weighted by atomic mass is 10.1. The van der Waals surface area contributed by atoms with E-state index in [0.29, 0.717) is 10.6 Å². The molecule has 1 aliphatic carbocycles. The van der Waals surface area contributed by atoms with Crippen LogP contribution in [0.4, 0.5) is 28.3 Å². The zero-order valence-electron chi connectivity index (χ0n) is 9.72. The van der Waals surface area contributed by atoms with Crippen molar-refractivity contribution in [3.05, 3.63) is 10.4 Å². The number of hydrogen-bond donors (Lipinski definition) is 2. The molecule has 1 aliphatic rings. The van der Waals surface area contributed by atoms with Crippen LogP contribution < -0.4 is 11.1 Å². The molecule has 1 aromatic rings. The Bertz CT molecular complexity index is 517. The predicted octanol–water partition coefficient (Wildman–Crippen LogP) is 3.39. The number of nitriles is 1. The van der Waals surface area contributed by atoms with E-state index in [2.05, 4.69) is 5.32 Å². The number of hydrogen-bond acceptors (Lipinski definition) is 4. The SMILES string of the molecule is N#Cc1sc(NCC(F)(F)C(F)F)c(C2CC2)c1N. The van der Waals surface area contributed by atoms with E-state index in [0.717, 1.165) is 24.2 Å². The highest BCUT2D eigenvalue weighted by atomic mass is 32.1. The van der Waals surface area contributed by atoms with E-state index in [-0.39, 0.29) is 16.5 Å². The van der Waals surface area contributed by atoms with Crippen LogP contribution in [0.1, 0.15) is 29.2 Å². The molecule has 0 bridgehead atoms. The molecule has 0 saturated heterocycles. The molecule has 0 atom stereocenters. The molecular weight excluding hydrogens is 282 g/mol. The van der Waals surface area contributed by atoms with Crippen LogP contribution in [-0.4, -0.2) is 18.9 Å². The minimum Gasteiger partial charge on any atom is -0.397 e. The van der Waals surface area contributed by atoms with E-state index in [9.17, 15) is 17.6 Å². The van der Waals surface area contributed by atoms with Gasteiger partial charge in [0.25, 0.3) is 0 Å². The average Bonchev–Trinajstić information content (AvgIpc) is 3.11. The minimum absolute atomic E-state index is 0.140. The van der Waals surface area contributed by atoms with Gasteiger partial charge < -0.3 is 11.1 Å². The Kier molecular flexibility index (Phi) is 3.58. The summed E-state index contributed by atoms with van der Waals surface area (Å²) in [6.07, 6.45) is -1.99.